The van der Waals surface area contributed by atoms with Crippen LogP contribution in [0.15, 0.2) is 24.3 Å². The maximum Gasteiger partial charge on any atom is 0.253 e. The average Bonchev–Trinajstić information content (AvgIpc) is 2.75. The van der Waals surface area contributed by atoms with Crippen LogP contribution >= 0.6 is 0 Å². The summed E-state index contributed by atoms with van der Waals surface area (Å²) < 4.78 is 5.28. The molecule has 2 fully saturated rings. The Morgan fingerprint density at radius 3 is 2.74 bits per heavy atom. The van der Waals surface area contributed by atoms with Crippen LogP contribution in [0.1, 0.15) is 22.3 Å². The highest BCUT2D eigenvalue weighted by atomic mass is 16.5. The van der Waals surface area contributed by atoms with Gasteiger partial charge in [-0.15, -0.1) is 0 Å². The van der Waals surface area contributed by atoms with Crippen molar-refractivity contribution in [3.05, 3.63) is 35.4 Å². The Bertz CT molecular complexity index is 551. The molecule has 0 radical (unpaired) electrons. The molecular formula is C18H26N2O3. The van der Waals surface area contributed by atoms with Crippen molar-refractivity contribution in [3.63, 3.8) is 0 Å². The Labute approximate surface area is 137 Å². The van der Waals surface area contributed by atoms with E-state index in [4.69, 9.17) is 4.74 Å². The summed E-state index contributed by atoms with van der Waals surface area (Å²) in [5, 5.41) is 9.58. The van der Waals surface area contributed by atoms with Gasteiger partial charge in [0.05, 0.1) is 25.2 Å². The summed E-state index contributed by atoms with van der Waals surface area (Å²) >= 11 is 0. The van der Waals surface area contributed by atoms with E-state index in [1.54, 1.807) is 0 Å². The summed E-state index contributed by atoms with van der Waals surface area (Å²) in [4.78, 5) is 17.0. The van der Waals surface area contributed by atoms with Gasteiger partial charge in [-0.25, -0.2) is 0 Å². The fourth-order valence-electron chi connectivity index (χ4n) is 3.39. The third kappa shape index (κ3) is 3.74. The number of ether oxygens (including phenoxy) is 1. The Balaban J connectivity index is 1.59. The first-order valence-electron chi connectivity index (χ1n) is 8.39. The number of aliphatic hydroxyl groups is 1. The lowest BCUT2D eigenvalue weighted by atomic mass is 9.86. The second-order valence-electron chi connectivity index (χ2n) is 6.94. The molecule has 1 N–H and O–H groups in total. The molecule has 0 aromatic heterocycles. The standard InChI is InChI=1S/C18H26N2O3/c1-15-4-2-5-16(10-15)17(22)20-7-3-6-19(8-9-20)11-18(12-21)13-23-14-18/h2,4-5,10,21H,3,6-9,11-14H2,1H3. The summed E-state index contributed by atoms with van der Waals surface area (Å²) in [6, 6.07) is 7.80. The van der Waals surface area contributed by atoms with E-state index in [1.807, 2.05) is 36.1 Å². The van der Waals surface area contributed by atoms with Gasteiger partial charge in [0.2, 0.25) is 0 Å². The van der Waals surface area contributed by atoms with Gasteiger partial charge in [0.15, 0.2) is 0 Å². The molecule has 0 unspecified atom stereocenters. The van der Waals surface area contributed by atoms with E-state index in [-0.39, 0.29) is 17.9 Å². The number of nitrogens with zero attached hydrogens (tertiary/aromatic N) is 2. The van der Waals surface area contributed by atoms with Crippen LogP contribution < -0.4 is 0 Å². The molecule has 2 aliphatic heterocycles. The van der Waals surface area contributed by atoms with Crippen LogP contribution in [-0.2, 0) is 4.74 Å². The van der Waals surface area contributed by atoms with Crippen LogP contribution in [0.3, 0.4) is 0 Å². The summed E-state index contributed by atoms with van der Waals surface area (Å²) in [6.45, 7) is 7.71. The highest BCUT2D eigenvalue weighted by molar-refractivity contribution is 5.94. The van der Waals surface area contributed by atoms with Gasteiger partial charge in [-0.3, -0.25) is 4.79 Å². The van der Waals surface area contributed by atoms with Crippen molar-refractivity contribution in [2.75, 3.05) is 52.5 Å². The summed E-state index contributed by atoms with van der Waals surface area (Å²) in [5.41, 5.74) is 1.80. The number of amides is 1. The Morgan fingerprint density at radius 1 is 1.26 bits per heavy atom. The quantitative estimate of drug-likeness (QED) is 0.905. The molecule has 1 aromatic rings. The van der Waals surface area contributed by atoms with Crippen molar-refractivity contribution in [1.82, 2.24) is 9.80 Å². The van der Waals surface area contributed by atoms with Crippen LogP contribution in [0.2, 0.25) is 0 Å². The number of hydrogen-bond acceptors (Lipinski definition) is 4. The minimum Gasteiger partial charge on any atom is -0.396 e. The van der Waals surface area contributed by atoms with E-state index in [0.717, 1.165) is 50.3 Å². The van der Waals surface area contributed by atoms with E-state index in [2.05, 4.69) is 4.90 Å². The fourth-order valence-corrected chi connectivity index (χ4v) is 3.39. The predicted molar refractivity (Wildman–Crippen MR) is 88.5 cm³/mol. The molecule has 2 heterocycles. The summed E-state index contributed by atoms with van der Waals surface area (Å²) in [5.74, 6) is 0.124. The zero-order chi connectivity index (χ0) is 16.3. The van der Waals surface area contributed by atoms with Gasteiger partial charge in [0, 0.05) is 31.7 Å². The number of aryl methyl sites for hydroxylation is 1. The first-order chi connectivity index (χ1) is 11.1. The van der Waals surface area contributed by atoms with E-state index in [9.17, 15) is 9.90 Å². The molecule has 0 atom stereocenters. The van der Waals surface area contributed by atoms with Crippen molar-refractivity contribution in [2.24, 2.45) is 5.41 Å². The highest BCUT2D eigenvalue weighted by Gasteiger charge is 2.39. The minimum atomic E-state index is -0.0876. The van der Waals surface area contributed by atoms with Gasteiger partial charge in [0.25, 0.3) is 5.91 Å². The predicted octanol–water partition coefficient (Wildman–Crippen LogP) is 1.15. The van der Waals surface area contributed by atoms with Crippen LogP contribution in [0.5, 0.6) is 0 Å². The fraction of sp³-hybridized carbons (Fsp3) is 0.611. The molecule has 0 saturated carbocycles. The molecule has 1 aromatic carbocycles. The van der Waals surface area contributed by atoms with E-state index in [0.29, 0.717) is 13.2 Å². The second kappa shape index (κ2) is 6.99. The van der Waals surface area contributed by atoms with E-state index in [1.165, 1.54) is 0 Å². The van der Waals surface area contributed by atoms with Crippen molar-refractivity contribution >= 4 is 5.91 Å². The number of aliphatic hydroxyl groups excluding tert-OH is 1. The Hall–Kier alpha value is -1.43. The van der Waals surface area contributed by atoms with Gasteiger partial charge in [-0.2, -0.15) is 0 Å². The Kier molecular flexibility index (Phi) is 4.99. The van der Waals surface area contributed by atoms with Crippen molar-refractivity contribution in [2.45, 2.75) is 13.3 Å². The molecule has 126 valence electrons. The number of rotatable bonds is 4. The summed E-state index contributed by atoms with van der Waals surface area (Å²) in [7, 11) is 0. The zero-order valence-electron chi connectivity index (χ0n) is 13.8. The van der Waals surface area contributed by atoms with Gasteiger partial charge >= 0.3 is 0 Å². The SMILES string of the molecule is Cc1cccc(C(=O)N2CCCN(CC3(CO)COC3)CC2)c1. The number of carbonyl (C=O) groups is 1. The van der Waals surface area contributed by atoms with Gasteiger partial charge in [-0.1, -0.05) is 17.7 Å². The highest BCUT2D eigenvalue weighted by Crippen LogP contribution is 2.28. The van der Waals surface area contributed by atoms with Crippen molar-refractivity contribution in [1.29, 1.82) is 0 Å². The molecule has 2 saturated heterocycles. The molecule has 3 rings (SSSR count). The molecule has 5 nitrogen and oxygen atoms in total. The molecule has 0 spiro atoms. The van der Waals surface area contributed by atoms with Gasteiger partial charge in [0.1, 0.15) is 0 Å². The normalized spacial score (nSPS) is 21.6. The summed E-state index contributed by atoms with van der Waals surface area (Å²) in [6.07, 6.45) is 0.972. The number of benzene rings is 1. The minimum absolute atomic E-state index is 0.0876. The van der Waals surface area contributed by atoms with Crippen molar-refractivity contribution < 1.29 is 14.6 Å². The maximum absolute atomic E-state index is 12.7. The van der Waals surface area contributed by atoms with E-state index >= 15 is 0 Å². The van der Waals surface area contributed by atoms with Crippen LogP contribution in [-0.4, -0.2) is 73.4 Å². The number of carbonyl (C=O) groups excluding carboxylic acids is 1. The first-order valence-corrected chi connectivity index (χ1v) is 8.39. The molecule has 1 amide bonds. The first kappa shape index (κ1) is 16.4. The smallest absolute Gasteiger partial charge is 0.253 e. The lowest BCUT2D eigenvalue weighted by Crippen LogP contribution is -2.53. The maximum atomic E-state index is 12.7. The van der Waals surface area contributed by atoms with Crippen LogP contribution in [0, 0.1) is 12.3 Å². The number of hydrogen-bond donors (Lipinski definition) is 1. The van der Waals surface area contributed by atoms with E-state index < -0.39 is 0 Å². The lowest BCUT2D eigenvalue weighted by molar-refractivity contribution is -0.147. The zero-order valence-corrected chi connectivity index (χ0v) is 13.8. The third-order valence-corrected chi connectivity index (χ3v) is 4.85. The molecule has 5 heteroatoms. The molecular weight excluding hydrogens is 292 g/mol. The lowest BCUT2D eigenvalue weighted by Gasteiger charge is -2.43. The van der Waals surface area contributed by atoms with Gasteiger partial charge < -0.3 is 19.6 Å². The largest absolute Gasteiger partial charge is 0.396 e. The third-order valence-electron chi connectivity index (χ3n) is 4.85. The topological polar surface area (TPSA) is 53.0 Å². The monoisotopic (exact) mass is 318 g/mol. The average molecular weight is 318 g/mol. The molecule has 2 aliphatic rings. The van der Waals surface area contributed by atoms with Crippen molar-refractivity contribution in [3.8, 4) is 0 Å². The Morgan fingerprint density at radius 2 is 2.09 bits per heavy atom. The van der Waals surface area contributed by atoms with Crippen LogP contribution in [0.4, 0.5) is 0 Å². The second-order valence-corrected chi connectivity index (χ2v) is 6.94. The van der Waals surface area contributed by atoms with Gasteiger partial charge in [-0.05, 0) is 32.0 Å². The van der Waals surface area contributed by atoms with Crippen LogP contribution in [0.25, 0.3) is 0 Å². The molecule has 23 heavy (non-hydrogen) atoms. The molecule has 0 aliphatic carbocycles. The molecule has 0 bridgehead atoms.